The number of ether oxygens (including phenoxy) is 1. The zero-order chi connectivity index (χ0) is 17.8. The first-order valence-electron chi connectivity index (χ1n) is 7.70. The van der Waals surface area contributed by atoms with Gasteiger partial charge >= 0.3 is 5.97 Å². The highest BCUT2D eigenvalue weighted by atomic mass is 32.1. The molecule has 0 saturated carbocycles. The molecule has 0 spiro atoms. The Morgan fingerprint density at radius 2 is 2.00 bits per heavy atom. The number of amides is 1. The van der Waals surface area contributed by atoms with Crippen LogP contribution in [0.5, 0.6) is 0 Å². The quantitative estimate of drug-likeness (QED) is 0.689. The molecule has 0 fully saturated rings. The number of nitrogens with zero attached hydrogens (tertiary/aromatic N) is 2. The molecule has 1 atom stereocenters. The summed E-state index contributed by atoms with van der Waals surface area (Å²) < 4.78 is 6.83. The monoisotopic (exact) mass is 355 g/mol. The Bertz CT molecular complexity index is 872. The Hall–Kier alpha value is -2.93. The first-order chi connectivity index (χ1) is 12.0. The van der Waals surface area contributed by atoms with Crippen LogP contribution in [0.15, 0.2) is 54.0 Å². The molecule has 1 amide bonds. The third kappa shape index (κ3) is 3.95. The fraction of sp³-hybridized carbons (Fsp3) is 0.167. The predicted molar refractivity (Wildman–Crippen MR) is 95.2 cm³/mol. The van der Waals surface area contributed by atoms with E-state index in [9.17, 15) is 9.59 Å². The molecule has 0 aliphatic rings. The topological polar surface area (TPSA) is 87.2 Å². The summed E-state index contributed by atoms with van der Waals surface area (Å²) in [5, 5.41) is 6.44. The Morgan fingerprint density at radius 1 is 1.24 bits per heavy atom. The van der Waals surface area contributed by atoms with Crippen LogP contribution in [-0.4, -0.2) is 27.8 Å². The Balaban J connectivity index is 1.92. The van der Waals surface area contributed by atoms with E-state index in [4.69, 9.17) is 10.5 Å². The number of aromatic nitrogens is 2. The molecule has 0 radical (unpaired) electrons. The van der Waals surface area contributed by atoms with Crippen molar-refractivity contribution < 1.29 is 14.3 Å². The Morgan fingerprint density at radius 3 is 2.64 bits per heavy atom. The first kappa shape index (κ1) is 16.9. The van der Waals surface area contributed by atoms with E-state index in [0.717, 1.165) is 10.4 Å². The van der Waals surface area contributed by atoms with Gasteiger partial charge in [-0.3, -0.25) is 9.48 Å². The number of thiophene rings is 1. The minimum atomic E-state index is -0.999. The van der Waals surface area contributed by atoms with Crippen LogP contribution in [0.4, 0.5) is 0 Å². The maximum atomic E-state index is 12.5. The average molecular weight is 355 g/mol. The summed E-state index contributed by atoms with van der Waals surface area (Å²) in [6, 6.07) is 13.6. The van der Waals surface area contributed by atoms with Crippen molar-refractivity contribution in [2.45, 2.75) is 19.6 Å². The molecule has 2 heterocycles. The number of nitrogens with two attached hydrogens (primary N) is 1. The van der Waals surface area contributed by atoms with Crippen LogP contribution < -0.4 is 5.73 Å². The summed E-state index contributed by atoms with van der Waals surface area (Å²) in [5.41, 5.74) is 7.08. The van der Waals surface area contributed by atoms with Gasteiger partial charge in [0.25, 0.3) is 5.91 Å². The van der Waals surface area contributed by atoms with Crippen molar-refractivity contribution >= 4 is 23.2 Å². The van der Waals surface area contributed by atoms with Crippen molar-refractivity contribution in [3.05, 3.63) is 65.2 Å². The number of rotatable bonds is 6. The third-order valence-corrected chi connectivity index (χ3v) is 4.48. The number of benzene rings is 1. The second-order valence-electron chi connectivity index (χ2n) is 5.50. The molecule has 6 nitrogen and oxygen atoms in total. The molecule has 2 aromatic heterocycles. The lowest BCUT2D eigenvalue weighted by Crippen LogP contribution is -2.30. The second-order valence-corrected chi connectivity index (χ2v) is 6.45. The highest BCUT2D eigenvalue weighted by Crippen LogP contribution is 2.27. The lowest BCUT2D eigenvalue weighted by atomic mass is 10.2. The van der Waals surface area contributed by atoms with Crippen LogP contribution in [-0.2, 0) is 16.1 Å². The highest BCUT2D eigenvalue weighted by Gasteiger charge is 2.23. The number of carbonyl (C=O) groups excluding carboxylic acids is 2. The summed E-state index contributed by atoms with van der Waals surface area (Å²) in [6.07, 6.45) is 0.638. The summed E-state index contributed by atoms with van der Waals surface area (Å²) in [5.74, 6) is -1.31. The maximum Gasteiger partial charge on any atom is 0.342 e. The van der Waals surface area contributed by atoms with Crippen LogP contribution in [0.25, 0.3) is 10.6 Å². The number of hydrogen-bond acceptors (Lipinski definition) is 5. The van der Waals surface area contributed by atoms with Crippen LogP contribution in [0.3, 0.4) is 0 Å². The molecule has 3 aromatic rings. The van der Waals surface area contributed by atoms with Gasteiger partial charge in [0.15, 0.2) is 6.10 Å². The van der Waals surface area contributed by atoms with E-state index < -0.39 is 18.0 Å². The van der Waals surface area contributed by atoms with Gasteiger partial charge in [0, 0.05) is 6.20 Å². The molecule has 7 heteroatoms. The van der Waals surface area contributed by atoms with E-state index in [2.05, 4.69) is 5.10 Å². The van der Waals surface area contributed by atoms with E-state index in [1.165, 1.54) is 18.3 Å². The lowest BCUT2D eigenvalue weighted by molar-refractivity contribution is -0.125. The van der Waals surface area contributed by atoms with Gasteiger partial charge in [0.1, 0.15) is 11.3 Å². The standard InChI is InChI=1S/C18H17N3O3S/c1-12(17(19)22)24-18(23)14-11-21(10-13-6-3-2-4-7-13)20-16(14)15-8-5-9-25-15/h2-9,11-12H,10H2,1H3,(H2,19,22)/t12-/m0/s1. The Labute approximate surface area is 148 Å². The van der Waals surface area contributed by atoms with E-state index in [0.29, 0.717) is 17.8 Å². The SMILES string of the molecule is C[C@H](OC(=O)c1cn(Cc2ccccc2)nc1-c1cccs1)C(N)=O. The molecule has 25 heavy (non-hydrogen) atoms. The molecule has 0 aliphatic carbocycles. The number of primary amides is 1. The molecule has 0 saturated heterocycles. The molecular weight excluding hydrogens is 338 g/mol. The minimum absolute atomic E-state index is 0.312. The van der Waals surface area contributed by atoms with Gasteiger partial charge < -0.3 is 10.5 Å². The van der Waals surface area contributed by atoms with Gasteiger partial charge in [-0.15, -0.1) is 11.3 Å². The fourth-order valence-corrected chi connectivity index (χ4v) is 3.02. The number of hydrogen-bond donors (Lipinski definition) is 1. The van der Waals surface area contributed by atoms with Gasteiger partial charge in [0.05, 0.1) is 11.4 Å². The molecule has 0 unspecified atom stereocenters. The van der Waals surface area contributed by atoms with Gasteiger partial charge in [-0.25, -0.2) is 4.79 Å². The van der Waals surface area contributed by atoms with Crippen molar-refractivity contribution in [3.8, 4) is 10.6 Å². The molecule has 2 N–H and O–H groups in total. The summed E-state index contributed by atoms with van der Waals surface area (Å²) in [7, 11) is 0. The number of esters is 1. The van der Waals surface area contributed by atoms with Crippen LogP contribution in [0.2, 0.25) is 0 Å². The zero-order valence-electron chi connectivity index (χ0n) is 13.6. The molecule has 0 bridgehead atoms. The van der Waals surface area contributed by atoms with Crippen LogP contribution >= 0.6 is 11.3 Å². The van der Waals surface area contributed by atoms with Gasteiger partial charge in [-0.05, 0) is 23.9 Å². The van der Waals surface area contributed by atoms with E-state index >= 15 is 0 Å². The molecular formula is C18H17N3O3S. The predicted octanol–water partition coefficient (Wildman–Crippen LogP) is 2.69. The van der Waals surface area contributed by atoms with Gasteiger partial charge in [-0.2, -0.15) is 5.10 Å². The Kier molecular flexibility index (Phi) is 4.95. The molecule has 0 aliphatic heterocycles. The number of carbonyl (C=O) groups is 2. The van der Waals surface area contributed by atoms with Crippen LogP contribution in [0.1, 0.15) is 22.8 Å². The van der Waals surface area contributed by atoms with Gasteiger partial charge in [0.2, 0.25) is 0 Å². The molecule has 3 rings (SSSR count). The minimum Gasteiger partial charge on any atom is -0.449 e. The van der Waals surface area contributed by atoms with E-state index in [1.54, 1.807) is 10.9 Å². The van der Waals surface area contributed by atoms with E-state index in [-0.39, 0.29) is 0 Å². The smallest absolute Gasteiger partial charge is 0.342 e. The van der Waals surface area contributed by atoms with Crippen LogP contribution in [0, 0.1) is 0 Å². The van der Waals surface area contributed by atoms with Crippen molar-refractivity contribution in [1.82, 2.24) is 9.78 Å². The zero-order valence-corrected chi connectivity index (χ0v) is 14.4. The summed E-state index contributed by atoms with van der Waals surface area (Å²) in [4.78, 5) is 24.5. The summed E-state index contributed by atoms with van der Waals surface area (Å²) in [6.45, 7) is 1.97. The molecule has 1 aromatic carbocycles. The van der Waals surface area contributed by atoms with Crippen molar-refractivity contribution in [1.29, 1.82) is 0 Å². The maximum absolute atomic E-state index is 12.5. The normalized spacial score (nSPS) is 11.9. The highest BCUT2D eigenvalue weighted by molar-refractivity contribution is 7.13. The van der Waals surface area contributed by atoms with E-state index in [1.807, 2.05) is 47.8 Å². The average Bonchev–Trinajstić information content (AvgIpc) is 3.24. The van der Waals surface area contributed by atoms with Crippen molar-refractivity contribution in [2.24, 2.45) is 5.73 Å². The van der Waals surface area contributed by atoms with Crippen molar-refractivity contribution in [2.75, 3.05) is 0 Å². The van der Waals surface area contributed by atoms with Crippen molar-refractivity contribution in [3.63, 3.8) is 0 Å². The summed E-state index contributed by atoms with van der Waals surface area (Å²) >= 11 is 1.48. The fourth-order valence-electron chi connectivity index (χ4n) is 2.30. The first-order valence-corrected chi connectivity index (χ1v) is 8.58. The largest absolute Gasteiger partial charge is 0.449 e. The third-order valence-electron chi connectivity index (χ3n) is 3.61. The lowest BCUT2D eigenvalue weighted by Gasteiger charge is -2.08. The molecule has 128 valence electrons. The second kappa shape index (κ2) is 7.31. The van der Waals surface area contributed by atoms with Gasteiger partial charge in [-0.1, -0.05) is 36.4 Å².